The highest BCUT2D eigenvalue weighted by Gasteiger charge is 2.48. The molecular formula is C14H14BrN3O5. The van der Waals surface area contributed by atoms with Crippen molar-refractivity contribution in [2.75, 3.05) is 31.6 Å². The van der Waals surface area contributed by atoms with Crippen LogP contribution in [0.2, 0.25) is 0 Å². The normalized spacial score (nSPS) is 20.0. The zero-order valence-corrected chi connectivity index (χ0v) is 13.8. The lowest BCUT2D eigenvalue weighted by Gasteiger charge is -2.44. The number of pyridine rings is 1. The van der Waals surface area contributed by atoms with E-state index >= 15 is 0 Å². The zero-order valence-electron chi connectivity index (χ0n) is 12.2. The molecule has 1 N–H and O–H groups in total. The Morgan fingerprint density at radius 3 is 2.70 bits per heavy atom. The Bertz CT molecular complexity index is 658. The molecule has 1 spiro atoms. The molecular weight excluding hydrogens is 370 g/mol. The molecule has 0 atom stereocenters. The van der Waals surface area contributed by atoms with Crippen LogP contribution in [0.1, 0.15) is 0 Å². The van der Waals surface area contributed by atoms with Gasteiger partial charge in [0.15, 0.2) is 5.75 Å². The van der Waals surface area contributed by atoms with Gasteiger partial charge in [-0.3, -0.25) is 4.90 Å². The van der Waals surface area contributed by atoms with E-state index in [1.54, 1.807) is 17.2 Å². The van der Waals surface area contributed by atoms with Crippen molar-refractivity contribution < 1.29 is 23.8 Å². The molecule has 0 unspecified atom stereocenters. The Balaban J connectivity index is 2.01. The van der Waals surface area contributed by atoms with E-state index in [4.69, 9.17) is 14.2 Å². The third-order valence-electron chi connectivity index (χ3n) is 3.47. The predicted molar refractivity (Wildman–Crippen MR) is 82.8 cm³/mol. The van der Waals surface area contributed by atoms with Gasteiger partial charge in [0.1, 0.15) is 4.60 Å². The van der Waals surface area contributed by atoms with Gasteiger partial charge in [0, 0.05) is 31.3 Å². The van der Waals surface area contributed by atoms with Gasteiger partial charge < -0.3 is 19.5 Å². The van der Waals surface area contributed by atoms with E-state index in [-0.39, 0.29) is 6.54 Å². The molecule has 8 nitrogen and oxygen atoms in total. The first kappa shape index (κ1) is 15.8. The summed E-state index contributed by atoms with van der Waals surface area (Å²) in [5, 5.41) is 3.07. The van der Waals surface area contributed by atoms with E-state index in [1.807, 2.05) is 0 Å². The SMILES string of the molecule is COc1cc(N2CCNCC23OC(=O)C=CC(=O)O3)cnc1Br. The van der Waals surface area contributed by atoms with Gasteiger partial charge in [-0.15, -0.1) is 0 Å². The maximum atomic E-state index is 11.8. The average molecular weight is 384 g/mol. The van der Waals surface area contributed by atoms with Crippen LogP contribution in [0.3, 0.4) is 0 Å². The van der Waals surface area contributed by atoms with Crippen molar-refractivity contribution in [3.05, 3.63) is 29.0 Å². The molecule has 2 aliphatic heterocycles. The van der Waals surface area contributed by atoms with Crippen molar-refractivity contribution in [2.45, 2.75) is 5.91 Å². The van der Waals surface area contributed by atoms with Crippen LogP contribution in [0.25, 0.3) is 0 Å². The second kappa shape index (κ2) is 6.17. The number of nitrogens with one attached hydrogen (secondary N) is 1. The lowest BCUT2D eigenvalue weighted by molar-refractivity contribution is -0.221. The van der Waals surface area contributed by atoms with Crippen molar-refractivity contribution in [1.29, 1.82) is 0 Å². The Morgan fingerprint density at radius 1 is 1.35 bits per heavy atom. The quantitative estimate of drug-likeness (QED) is 0.585. The van der Waals surface area contributed by atoms with Gasteiger partial charge in [0.2, 0.25) is 0 Å². The van der Waals surface area contributed by atoms with Crippen LogP contribution in [0, 0.1) is 0 Å². The lowest BCUT2D eigenvalue weighted by atomic mass is 10.2. The summed E-state index contributed by atoms with van der Waals surface area (Å²) >= 11 is 3.29. The van der Waals surface area contributed by atoms with Crippen LogP contribution in [0.5, 0.6) is 5.75 Å². The molecule has 9 heteroatoms. The van der Waals surface area contributed by atoms with Gasteiger partial charge in [0.25, 0.3) is 0 Å². The fourth-order valence-corrected chi connectivity index (χ4v) is 2.84. The third kappa shape index (κ3) is 3.02. The molecule has 0 amide bonds. The Morgan fingerprint density at radius 2 is 2.04 bits per heavy atom. The zero-order chi connectivity index (χ0) is 16.4. The number of esters is 2. The summed E-state index contributed by atoms with van der Waals surface area (Å²) in [7, 11) is 1.52. The number of piperazine rings is 1. The maximum Gasteiger partial charge on any atom is 0.356 e. The van der Waals surface area contributed by atoms with Crippen molar-refractivity contribution in [3.8, 4) is 5.75 Å². The highest BCUT2D eigenvalue weighted by Crippen LogP contribution is 2.33. The standard InChI is InChI=1S/C14H14BrN3O5/c1-21-10-6-9(7-17-13(10)15)18-5-4-16-8-14(18)22-11(19)2-3-12(20)23-14/h2-3,6-7,16H,4-5,8H2,1H3. The second-order valence-corrected chi connectivity index (χ2v) is 5.65. The van der Waals surface area contributed by atoms with Crippen molar-refractivity contribution in [2.24, 2.45) is 0 Å². The number of rotatable bonds is 2. The van der Waals surface area contributed by atoms with Crippen molar-refractivity contribution in [3.63, 3.8) is 0 Å². The second-order valence-electron chi connectivity index (χ2n) is 4.90. The number of aromatic nitrogens is 1. The Hall–Kier alpha value is -2.13. The molecule has 0 saturated carbocycles. The Kier molecular flexibility index (Phi) is 4.22. The monoisotopic (exact) mass is 383 g/mol. The molecule has 0 aromatic carbocycles. The van der Waals surface area contributed by atoms with Crippen LogP contribution >= 0.6 is 15.9 Å². The van der Waals surface area contributed by atoms with E-state index in [0.29, 0.717) is 29.1 Å². The summed E-state index contributed by atoms with van der Waals surface area (Å²) in [6.07, 6.45) is 3.67. The molecule has 0 aliphatic carbocycles. The van der Waals surface area contributed by atoms with Gasteiger partial charge in [-0.05, 0) is 15.9 Å². The molecule has 3 rings (SSSR count). The van der Waals surface area contributed by atoms with E-state index in [9.17, 15) is 9.59 Å². The molecule has 2 aliphatic rings. The lowest BCUT2D eigenvalue weighted by Crippen LogP contribution is -2.65. The number of hydrogen-bond donors (Lipinski definition) is 1. The number of ether oxygens (including phenoxy) is 3. The van der Waals surface area contributed by atoms with Crippen LogP contribution in [0.15, 0.2) is 29.0 Å². The molecule has 1 saturated heterocycles. The number of methoxy groups -OCH3 is 1. The highest BCUT2D eigenvalue weighted by atomic mass is 79.9. The van der Waals surface area contributed by atoms with Crippen molar-refractivity contribution in [1.82, 2.24) is 10.3 Å². The van der Waals surface area contributed by atoms with Gasteiger partial charge in [-0.2, -0.15) is 0 Å². The van der Waals surface area contributed by atoms with Crippen LogP contribution in [-0.2, 0) is 19.1 Å². The largest absolute Gasteiger partial charge is 0.494 e. The van der Waals surface area contributed by atoms with Crippen LogP contribution in [-0.4, -0.2) is 49.6 Å². The summed E-state index contributed by atoms with van der Waals surface area (Å²) in [6.45, 7) is 1.22. The van der Waals surface area contributed by atoms with Crippen molar-refractivity contribution >= 4 is 33.6 Å². The fourth-order valence-electron chi connectivity index (χ4n) is 2.46. The molecule has 1 aromatic heterocycles. The minimum absolute atomic E-state index is 0.143. The molecule has 3 heterocycles. The first-order valence-electron chi connectivity index (χ1n) is 6.86. The first-order chi connectivity index (χ1) is 11.0. The number of anilines is 1. The third-order valence-corrected chi connectivity index (χ3v) is 4.07. The fraction of sp³-hybridized carbons (Fsp3) is 0.357. The number of nitrogens with zero attached hydrogens (tertiary/aromatic N) is 2. The van der Waals surface area contributed by atoms with E-state index < -0.39 is 17.8 Å². The maximum absolute atomic E-state index is 11.8. The summed E-state index contributed by atoms with van der Waals surface area (Å²) < 4.78 is 16.6. The average Bonchev–Trinajstić information content (AvgIpc) is 2.67. The van der Waals surface area contributed by atoms with Crippen LogP contribution in [0.4, 0.5) is 5.69 Å². The summed E-state index contributed by atoms with van der Waals surface area (Å²) in [6, 6.07) is 1.73. The van der Waals surface area contributed by atoms with E-state index in [0.717, 1.165) is 12.2 Å². The van der Waals surface area contributed by atoms with Gasteiger partial charge in [-0.25, -0.2) is 14.6 Å². The highest BCUT2D eigenvalue weighted by molar-refractivity contribution is 9.10. The van der Waals surface area contributed by atoms with Gasteiger partial charge >= 0.3 is 17.8 Å². The Labute approximate surface area is 140 Å². The van der Waals surface area contributed by atoms with E-state index in [1.165, 1.54) is 7.11 Å². The predicted octanol–water partition coefficient (Wildman–Crippen LogP) is 0.572. The molecule has 122 valence electrons. The summed E-state index contributed by atoms with van der Waals surface area (Å²) in [5.74, 6) is -2.35. The molecule has 0 radical (unpaired) electrons. The van der Waals surface area contributed by atoms with Gasteiger partial charge in [-0.1, -0.05) is 0 Å². The molecule has 1 fully saturated rings. The number of carbonyl (C=O) groups is 2. The molecule has 1 aromatic rings. The number of hydrogen-bond acceptors (Lipinski definition) is 8. The number of halogens is 1. The summed E-state index contributed by atoms with van der Waals surface area (Å²) in [5.41, 5.74) is 0.606. The minimum Gasteiger partial charge on any atom is -0.494 e. The molecule has 0 bridgehead atoms. The molecule has 23 heavy (non-hydrogen) atoms. The number of carbonyl (C=O) groups excluding carboxylic acids is 2. The van der Waals surface area contributed by atoms with Crippen LogP contribution < -0.4 is 15.0 Å². The van der Waals surface area contributed by atoms with E-state index in [2.05, 4.69) is 26.2 Å². The summed E-state index contributed by atoms with van der Waals surface area (Å²) in [4.78, 5) is 29.5. The van der Waals surface area contributed by atoms with Gasteiger partial charge in [0.05, 0.1) is 25.5 Å². The first-order valence-corrected chi connectivity index (χ1v) is 7.65. The topological polar surface area (TPSA) is 90.0 Å². The minimum atomic E-state index is -1.56. The smallest absolute Gasteiger partial charge is 0.356 e.